The summed E-state index contributed by atoms with van der Waals surface area (Å²) in [7, 11) is 0. The van der Waals surface area contributed by atoms with Gasteiger partial charge in [-0.25, -0.2) is 9.07 Å². The maximum absolute atomic E-state index is 13.9. The number of amides is 1. The first-order chi connectivity index (χ1) is 11.1. The van der Waals surface area contributed by atoms with Gasteiger partial charge in [-0.05, 0) is 44.5 Å². The van der Waals surface area contributed by atoms with Crippen molar-refractivity contribution >= 4 is 5.91 Å². The van der Waals surface area contributed by atoms with Crippen molar-refractivity contribution in [2.45, 2.75) is 26.3 Å². The topological polar surface area (TPSA) is 59.0 Å². The molecule has 2 aromatic rings. The summed E-state index contributed by atoms with van der Waals surface area (Å²) in [5.74, 6) is -0.129. The monoisotopic (exact) mass is 316 g/mol. The first kappa shape index (κ1) is 15.7. The number of para-hydroxylation sites is 1. The maximum atomic E-state index is 13.9. The van der Waals surface area contributed by atoms with Crippen LogP contribution in [0.15, 0.2) is 30.5 Å². The van der Waals surface area contributed by atoms with Crippen LogP contribution in [-0.4, -0.2) is 34.8 Å². The summed E-state index contributed by atoms with van der Waals surface area (Å²) in [5.41, 5.74) is 1.47. The zero-order valence-corrected chi connectivity index (χ0v) is 13.3. The van der Waals surface area contributed by atoms with Crippen LogP contribution in [0.4, 0.5) is 4.39 Å². The second-order valence-electron chi connectivity index (χ2n) is 6.06. The van der Waals surface area contributed by atoms with Gasteiger partial charge in [-0.3, -0.25) is 4.79 Å². The number of carbonyl (C=O) groups is 1. The van der Waals surface area contributed by atoms with Crippen molar-refractivity contribution in [2.24, 2.45) is 5.92 Å². The molecule has 23 heavy (non-hydrogen) atoms. The normalized spacial score (nSPS) is 21.2. The summed E-state index contributed by atoms with van der Waals surface area (Å²) in [6.45, 7) is 5.70. The lowest BCUT2D eigenvalue weighted by atomic mass is 9.95. The fourth-order valence-corrected chi connectivity index (χ4v) is 2.97. The number of carbonyl (C=O) groups excluding carboxylic acids is 1. The van der Waals surface area contributed by atoms with E-state index < -0.39 is 0 Å². The molecule has 1 aromatic carbocycles. The predicted molar refractivity (Wildman–Crippen MR) is 86.2 cm³/mol. The third-order valence-electron chi connectivity index (χ3n) is 4.44. The number of nitrogens with one attached hydrogen (secondary N) is 2. The number of halogens is 1. The molecule has 6 heteroatoms. The van der Waals surface area contributed by atoms with E-state index in [-0.39, 0.29) is 17.8 Å². The molecule has 122 valence electrons. The van der Waals surface area contributed by atoms with Gasteiger partial charge < -0.3 is 10.6 Å². The Morgan fingerprint density at radius 1 is 1.43 bits per heavy atom. The van der Waals surface area contributed by atoms with E-state index in [2.05, 4.69) is 22.7 Å². The van der Waals surface area contributed by atoms with Crippen LogP contribution < -0.4 is 10.6 Å². The van der Waals surface area contributed by atoms with Crippen molar-refractivity contribution in [3.05, 3.63) is 47.5 Å². The Bertz CT molecular complexity index is 712. The zero-order valence-electron chi connectivity index (χ0n) is 13.3. The number of rotatable bonds is 3. The van der Waals surface area contributed by atoms with Gasteiger partial charge in [0.05, 0.1) is 17.5 Å². The number of aromatic nitrogens is 2. The first-order valence-electron chi connectivity index (χ1n) is 7.89. The van der Waals surface area contributed by atoms with Crippen LogP contribution in [0.5, 0.6) is 0 Å². The van der Waals surface area contributed by atoms with Gasteiger partial charge in [-0.1, -0.05) is 19.1 Å². The summed E-state index contributed by atoms with van der Waals surface area (Å²) < 4.78 is 15.4. The van der Waals surface area contributed by atoms with E-state index in [0.29, 0.717) is 22.9 Å². The van der Waals surface area contributed by atoms with E-state index in [1.54, 1.807) is 25.1 Å². The van der Waals surface area contributed by atoms with Crippen LogP contribution in [0.2, 0.25) is 0 Å². The van der Waals surface area contributed by atoms with E-state index in [4.69, 9.17) is 0 Å². The molecule has 0 radical (unpaired) electrons. The van der Waals surface area contributed by atoms with Crippen LogP contribution in [-0.2, 0) is 0 Å². The number of hydrogen-bond acceptors (Lipinski definition) is 3. The van der Waals surface area contributed by atoms with Gasteiger partial charge in [0.25, 0.3) is 5.91 Å². The van der Waals surface area contributed by atoms with Crippen LogP contribution >= 0.6 is 0 Å². The molecule has 1 amide bonds. The highest BCUT2D eigenvalue weighted by molar-refractivity contribution is 5.95. The van der Waals surface area contributed by atoms with Crippen LogP contribution in [0.3, 0.4) is 0 Å². The van der Waals surface area contributed by atoms with Gasteiger partial charge in [-0.2, -0.15) is 5.10 Å². The molecular weight excluding hydrogens is 295 g/mol. The van der Waals surface area contributed by atoms with Crippen LogP contribution in [0.1, 0.15) is 29.4 Å². The SMILES string of the molecule is Cc1c(C(=O)NC2CCNCC2C)cnn1-c1ccccc1F. The van der Waals surface area contributed by atoms with Crippen molar-refractivity contribution in [3.8, 4) is 5.69 Å². The van der Waals surface area contributed by atoms with Gasteiger partial charge in [0.15, 0.2) is 0 Å². The average molecular weight is 316 g/mol. The van der Waals surface area contributed by atoms with Crippen molar-refractivity contribution in [1.29, 1.82) is 0 Å². The fourth-order valence-electron chi connectivity index (χ4n) is 2.97. The Kier molecular flexibility index (Phi) is 4.43. The molecular formula is C17H21FN4O. The Labute approximate surface area is 134 Å². The molecule has 0 saturated carbocycles. The fraction of sp³-hybridized carbons (Fsp3) is 0.412. The minimum Gasteiger partial charge on any atom is -0.349 e. The quantitative estimate of drug-likeness (QED) is 0.911. The van der Waals surface area contributed by atoms with E-state index >= 15 is 0 Å². The Morgan fingerprint density at radius 2 is 2.22 bits per heavy atom. The van der Waals surface area contributed by atoms with Gasteiger partial charge in [0, 0.05) is 6.04 Å². The van der Waals surface area contributed by atoms with Gasteiger partial charge in [-0.15, -0.1) is 0 Å². The molecule has 1 aliphatic heterocycles. The van der Waals surface area contributed by atoms with Crippen molar-refractivity contribution in [1.82, 2.24) is 20.4 Å². The first-order valence-corrected chi connectivity index (χ1v) is 7.89. The molecule has 1 aliphatic rings. The predicted octanol–water partition coefficient (Wildman–Crippen LogP) is 2.05. The molecule has 1 saturated heterocycles. The Balaban J connectivity index is 1.81. The van der Waals surface area contributed by atoms with E-state index in [1.165, 1.54) is 16.9 Å². The molecule has 0 spiro atoms. The number of piperidine rings is 1. The average Bonchev–Trinajstić information content (AvgIpc) is 2.92. The molecule has 2 heterocycles. The maximum Gasteiger partial charge on any atom is 0.254 e. The lowest BCUT2D eigenvalue weighted by molar-refractivity contribution is 0.0913. The van der Waals surface area contributed by atoms with Gasteiger partial charge >= 0.3 is 0 Å². The molecule has 2 N–H and O–H groups in total. The molecule has 5 nitrogen and oxygen atoms in total. The molecule has 1 fully saturated rings. The van der Waals surface area contributed by atoms with E-state index in [1.807, 2.05) is 0 Å². The summed E-state index contributed by atoms with van der Waals surface area (Å²) >= 11 is 0. The van der Waals surface area contributed by atoms with Gasteiger partial charge in [0.2, 0.25) is 0 Å². The van der Waals surface area contributed by atoms with E-state index in [0.717, 1.165) is 19.5 Å². The standard InChI is InChI=1S/C17H21FN4O/c1-11-9-19-8-7-15(11)21-17(23)13-10-20-22(12(13)2)16-6-4-3-5-14(16)18/h3-6,10-11,15,19H,7-9H2,1-2H3,(H,21,23). The lowest BCUT2D eigenvalue weighted by Crippen LogP contribution is -2.48. The number of benzene rings is 1. The minimum absolute atomic E-state index is 0.149. The summed E-state index contributed by atoms with van der Waals surface area (Å²) in [5, 5.41) is 10.6. The van der Waals surface area contributed by atoms with Crippen LogP contribution in [0.25, 0.3) is 5.69 Å². The molecule has 3 rings (SSSR count). The van der Waals surface area contributed by atoms with Crippen molar-refractivity contribution in [3.63, 3.8) is 0 Å². The highest BCUT2D eigenvalue weighted by Crippen LogP contribution is 2.18. The highest BCUT2D eigenvalue weighted by atomic mass is 19.1. The zero-order chi connectivity index (χ0) is 16.4. The third-order valence-corrected chi connectivity index (χ3v) is 4.44. The molecule has 2 atom stereocenters. The smallest absolute Gasteiger partial charge is 0.254 e. The summed E-state index contributed by atoms with van der Waals surface area (Å²) in [4.78, 5) is 12.5. The lowest BCUT2D eigenvalue weighted by Gasteiger charge is -2.30. The highest BCUT2D eigenvalue weighted by Gasteiger charge is 2.25. The Morgan fingerprint density at radius 3 is 2.96 bits per heavy atom. The largest absolute Gasteiger partial charge is 0.349 e. The molecule has 0 bridgehead atoms. The molecule has 0 aliphatic carbocycles. The summed E-state index contributed by atoms with van der Waals surface area (Å²) in [6.07, 6.45) is 2.41. The van der Waals surface area contributed by atoms with Crippen molar-refractivity contribution in [2.75, 3.05) is 13.1 Å². The third kappa shape index (κ3) is 3.12. The Hall–Kier alpha value is -2.21. The van der Waals surface area contributed by atoms with Crippen molar-refractivity contribution < 1.29 is 9.18 Å². The number of nitrogens with zero attached hydrogens (tertiary/aromatic N) is 2. The van der Waals surface area contributed by atoms with Gasteiger partial charge in [0.1, 0.15) is 11.5 Å². The molecule has 2 unspecified atom stereocenters. The second kappa shape index (κ2) is 6.50. The number of hydrogen-bond donors (Lipinski definition) is 2. The summed E-state index contributed by atoms with van der Waals surface area (Å²) in [6, 6.07) is 6.55. The molecule has 1 aromatic heterocycles. The second-order valence-corrected chi connectivity index (χ2v) is 6.06. The van der Waals surface area contributed by atoms with Crippen LogP contribution in [0, 0.1) is 18.7 Å². The minimum atomic E-state index is -0.363. The van der Waals surface area contributed by atoms with E-state index in [9.17, 15) is 9.18 Å².